The van der Waals surface area contributed by atoms with Gasteiger partial charge in [-0.25, -0.2) is 4.79 Å². The lowest BCUT2D eigenvalue weighted by Crippen LogP contribution is -2.18. The van der Waals surface area contributed by atoms with E-state index in [-0.39, 0.29) is 0 Å². The molecular weight excluding hydrogens is 196 g/mol. The molecule has 92 valence electrons. The van der Waals surface area contributed by atoms with Gasteiger partial charge in [-0.05, 0) is 12.8 Å². The molecule has 5 heteroatoms. The van der Waals surface area contributed by atoms with Crippen LogP contribution >= 0.6 is 0 Å². The second-order valence-corrected chi connectivity index (χ2v) is 2.72. The van der Waals surface area contributed by atoms with Gasteiger partial charge in [0.05, 0.1) is 0 Å². The summed E-state index contributed by atoms with van der Waals surface area (Å²) in [5.41, 5.74) is 8.50. The second-order valence-electron chi connectivity index (χ2n) is 2.72. The molecule has 0 heterocycles. The molecule has 0 aliphatic carbocycles. The van der Waals surface area contributed by atoms with Crippen molar-refractivity contribution in [1.29, 1.82) is 0 Å². The lowest BCUT2D eigenvalue weighted by molar-refractivity contribution is -0.0979. The molecule has 0 bridgehead atoms. The van der Waals surface area contributed by atoms with Crippen molar-refractivity contribution in [2.24, 2.45) is 11.5 Å². The van der Waals surface area contributed by atoms with Crippen molar-refractivity contribution >= 4 is 12.8 Å². The number of urea groups is 1. The van der Waals surface area contributed by atoms with Crippen molar-refractivity contribution in [2.75, 3.05) is 13.2 Å². The van der Waals surface area contributed by atoms with Crippen LogP contribution in [0.25, 0.3) is 0 Å². The van der Waals surface area contributed by atoms with E-state index in [1.807, 2.05) is 6.79 Å². The van der Waals surface area contributed by atoms with Crippen molar-refractivity contribution < 1.29 is 14.3 Å². The molecule has 0 radical (unpaired) electrons. The minimum atomic E-state index is -0.833. The van der Waals surface area contributed by atoms with Crippen LogP contribution in [0.15, 0.2) is 0 Å². The summed E-state index contributed by atoms with van der Waals surface area (Å²) >= 11 is 0. The number of hydrogen-bond donors (Lipinski definition) is 2. The fourth-order valence-electron chi connectivity index (χ4n) is 0.595. The van der Waals surface area contributed by atoms with Crippen molar-refractivity contribution in [3.63, 3.8) is 0 Å². The molecule has 0 aromatic rings. The van der Waals surface area contributed by atoms with Gasteiger partial charge in [-0.15, -0.1) is 0 Å². The molecular formula is C10H24N2O3. The summed E-state index contributed by atoms with van der Waals surface area (Å²) in [4.78, 5) is 17.0. The summed E-state index contributed by atoms with van der Waals surface area (Å²) in [6.07, 6.45) is 4.91. The molecule has 0 aliphatic rings. The van der Waals surface area contributed by atoms with Crippen LogP contribution in [0.5, 0.6) is 0 Å². The van der Waals surface area contributed by atoms with Crippen molar-refractivity contribution in [3.05, 3.63) is 0 Å². The van der Waals surface area contributed by atoms with Crippen molar-refractivity contribution in [3.8, 4) is 0 Å². The molecule has 0 fully saturated rings. The Morgan fingerprint density at radius 2 is 1.33 bits per heavy atom. The lowest BCUT2D eigenvalue weighted by atomic mass is 10.3. The van der Waals surface area contributed by atoms with Gasteiger partial charge >= 0.3 is 6.03 Å². The largest absolute Gasteiger partial charge is 0.381 e. The van der Waals surface area contributed by atoms with Gasteiger partial charge in [0.25, 0.3) is 0 Å². The molecule has 0 saturated heterocycles. The third kappa shape index (κ3) is 63.8. The van der Waals surface area contributed by atoms with E-state index in [4.69, 9.17) is 14.3 Å². The first-order valence-electron chi connectivity index (χ1n) is 5.06. The van der Waals surface area contributed by atoms with E-state index in [0.29, 0.717) is 0 Å². The van der Waals surface area contributed by atoms with Crippen molar-refractivity contribution in [1.82, 2.24) is 0 Å². The maximum atomic E-state index is 9.00. The van der Waals surface area contributed by atoms with Gasteiger partial charge in [0.1, 0.15) is 6.79 Å². The third-order valence-corrected chi connectivity index (χ3v) is 1.28. The van der Waals surface area contributed by atoms with Crippen LogP contribution in [-0.4, -0.2) is 26.0 Å². The molecule has 0 unspecified atom stereocenters. The zero-order chi connectivity index (χ0) is 12.5. The molecule has 4 N–H and O–H groups in total. The monoisotopic (exact) mass is 220 g/mol. The zero-order valence-electron chi connectivity index (χ0n) is 9.83. The van der Waals surface area contributed by atoms with E-state index in [9.17, 15) is 0 Å². The smallest absolute Gasteiger partial charge is 0.309 e. The number of carbonyl (C=O) groups is 2. The molecule has 0 rings (SSSR count). The highest BCUT2D eigenvalue weighted by atomic mass is 16.5. The van der Waals surface area contributed by atoms with Gasteiger partial charge in [0.2, 0.25) is 0 Å². The topological polar surface area (TPSA) is 95.4 Å². The third-order valence-electron chi connectivity index (χ3n) is 1.28. The molecule has 0 aliphatic heterocycles. The van der Waals surface area contributed by atoms with Crippen LogP contribution in [0.2, 0.25) is 0 Å². The molecule has 2 amide bonds. The Morgan fingerprint density at radius 1 is 1.07 bits per heavy atom. The quantitative estimate of drug-likeness (QED) is 0.663. The van der Waals surface area contributed by atoms with Gasteiger partial charge in [-0.3, -0.25) is 0 Å². The van der Waals surface area contributed by atoms with E-state index in [2.05, 4.69) is 25.3 Å². The van der Waals surface area contributed by atoms with Crippen LogP contribution in [0.3, 0.4) is 0 Å². The van der Waals surface area contributed by atoms with Crippen molar-refractivity contribution in [2.45, 2.75) is 39.5 Å². The summed E-state index contributed by atoms with van der Waals surface area (Å²) in [7, 11) is 0. The molecule has 0 saturated carbocycles. The van der Waals surface area contributed by atoms with E-state index in [0.717, 1.165) is 13.2 Å². The average Bonchev–Trinajstić information content (AvgIpc) is 2.20. The van der Waals surface area contributed by atoms with Crippen LogP contribution < -0.4 is 11.5 Å². The first kappa shape index (κ1) is 19.5. The maximum absolute atomic E-state index is 9.00. The highest BCUT2D eigenvalue weighted by Gasteiger charge is 1.84. The number of ether oxygens (including phenoxy) is 1. The Hall–Kier alpha value is -1.10. The summed E-state index contributed by atoms with van der Waals surface area (Å²) in [6.45, 7) is 8.28. The Bertz CT molecular complexity index is 111. The van der Waals surface area contributed by atoms with Crippen LogP contribution in [0, 0.1) is 0 Å². The predicted octanol–water partition coefficient (Wildman–Crippen LogP) is 1.44. The first-order valence-corrected chi connectivity index (χ1v) is 5.06. The fourth-order valence-corrected chi connectivity index (χ4v) is 0.595. The number of hydrogen-bond acceptors (Lipinski definition) is 3. The van der Waals surface area contributed by atoms with E-state index in [1.165, 1.54) is 25.7 Å². The summed E-state index contributed by atoms with van der Waals surface area (Å²) < 4.78 is 5.31. The number of rotatable bonds is 6. The van der Waals surface area contributed by atoms with Crippen LogP contribution in [0.1, 0.15) is 39.5 Å². The molecule has 0 aromatic carbocycles. The first-order chi connectivity index (χ1) is 7.15. The lowest BCUT2D eigenvalue weighted by Gasteiger charge is -1.99. The van der Waals surface area contributed by atoms with Crippen LogP contribution in [0.4, 0.5) is 4.79 Å². The Labute approximate surface area is 92.2 Å². The minimum Gasteiger partial charge on any atom is -0.381 e. The molecule has 15 heavy (non-hydrogen) atoms. The van der Waals surface area contributed by atoms with Crippen LogP contribution in [-0.2, 0) is 9.53 Å². The highest BCUT2D eigenvalue weighted by molar-refractivity contribution is 5.69. The Morgan fingerprint density at radius 3 is 1.53 bits per heavy atom. The molecule has 0 aromatic heterocycles. The molecule has 0 atom stereocenters. The van der Waals surface area contributed by atoms with Gasteiger partial charge in [-0.1, -0.05) is 26.7 Å². The fraction of sp³-hybridized carbons (Fsp3) is 0.800. The summed E-state index contributed by atoms with van der Waals surface area (Å²) in [5.74, 6) is 0. The number of amides is 2. The molecule has 0 spiro atoms. The predicted molar refractivity (Wildman–Crippen MR) is 61.5 cm³/mol. The van der Waals surface area contributed by atoms with E-state index >= 15 is 0 Å². The van der Waals surface area contributed by atoms with Gasteiger partial charge in [0.15, 0.2) is 0 Å². The maximum Gasteiger partial charge on any atom is 0.309 e. The standard InChI is InChI=1S/C8H18O.CH4N2O.CH2O/c1-3-5-7-9-8-6-4-2;2-1(3)4;1-2/h3-8H2,1-2H3;(H4,2,3,4);1H2. The number of primary amides is 2. The normalized spacial score (nSPS) is 7.87. The Balaban J connectivity index is -0.000000202. The SMILES string of the molecule is C=O.CCCCOCCCC.NC(N)=O. The van der Waals surface area contributed by atoms with E-state index < -0.39 is 6.03 Å². The van der Waals surface area contributed by atoms with E-state index in [1.54, 1.807) is 0 Å². The minimum absolute atomic E-state index is 0.833. The van der Waals surface area contributed by atoms with Gasteiger partial charge < -0.3 is 21.0 Å². The molecule has 5 nitrogen and oxygen atoms in total. The number of unbranched alkanes of at least 4 members (excludes halogenated alkanes) is 2. The zero-order valence-corrected chi connectivity index (χ0v) is 9.83. The summed E-state index contributed by atoms with van der Waals surface area (Å²) in [5, 5.41) is 0. The highest BCUT2D eigenvalue weighted by Crippen LogP contribution is 1.91. The average molecular weight is 220 g/mol. The number of carbonyl (C=O) groups excluding carboxylic acids is 2. The van der Waals surface area contributed by atoms with Gasteiger partial charge in [-0.2, -0.15) is 0 Å². The van der Waals surface area contributed by atoms with Gasteiger partial charge in [0, 0.05) is 13.2 Å². The second kappa shape index (κ2) is 23.1. The Kier molecular flexibility index (Phi) is 29.9. The number of nitrogens with two attached hydrogens (primary N) is 2. The summed E-state index contributed by atoms with van der Waals surface area (Å²) in [6, 6.07) is -0.833.